The van der Waals surface area contributed by atoms with Gasteiger partial charge >= 0.3 is 5.97 Å². The highest BCUT2D eigenvalue weighted by atomic mass is 35.5. The lowest BCUT2D eigenvalue weighted by atomic mass is 9.96. The Morgan fingerprint density at radius 1 is 1.27 bits per heavy atom. The largest absolute Gasteiger partial charge is 0.493 e. The van der Waals surface area contributed by atoms with Crippen LogP contribution in [0, 0.1) is 12.3 Å². The van der Waals surface area contributed by atoms with Crippen molar-refractivity contribution >= 4 is 35.0 Å². The predicted molar refractivity (Wildman–Crippen MR) is 144 cm³/mol. The molecule has 1 unspecified atom stereocenters. The second kappa shape index (κ2) is 11.1. The van der Waals surface area contributed by atoms with E-state index in [0.29, 0.717) is 37.1 Å². The molecule has 2 aromatic carbocycles. The summed E-state index contributed by atoms with van der Waals surface area (Å²) in [6.45, 7) is 5.38. The van der Waals surface area contributed by atoms with E-state index in [1.165, 1.54) is 23.0 Å². The number of hydrogen-bond acceptors (Lipinski definition) is 7. The number of ether oxygens (including phenoxy) is 3. The van der Waals surface area contributed by atoms with Gasteiger partial charge < -0.3 is 14.2 Å². The first-order valence-electron chi connectivity index (χ1n) is 11.5. The second-order valence-electron chi connectivity index (χ2n) is 8.46. The number of halogens is 1. The molecule has 3 aromatic rings. The van der Waals surface area contributed by atoms with E-state index >= 15 is 0 Å². The Hall–Kier alpha value is -3.80. The SMILES string of the molecule is C#CCOc1ccc(C=c2sc3n(c2=O)C(c2ccccc2Cl)C(C(=O)OC(C)C)=C(C)N=3)cc1OC. The molecule has 190 valence electrons. The fourth-order valence-electron chi connectivity index (χ4n) is 4.02. The van der Waals surface area contributed by atoms with Gasteiger partial charge in [0.1, 0.15) is 12.6 Å². The summed E-state index contributed by atoms with van der Waals surface area (Å²) < 4.78 is 18.4. The Morgan fingerprint density at radius 2 is 2.03 bits per heavy atom. The molecule has 0 saturated carbocycles. The molecule has 7 nitrogen and oxygen atoms in total. The second-order valence-corrected chi connectivity index (χ2v) is 9.88. The Morgan fingerprint density at radius 3 is 2.70 bits per heavy atom. The average molecular weight is 537 g/mol. The van der Waals surface area contributed by atoms with Crippen LogP contribution in [0.4, 0.5) is 0 Å². The van der Waals surface area contributed by atoms with Crippen LogP contribution in [-0.2, 0) is 9.53 Å². The number of thiazole rings is 1. The predicted octanol–water partition coefficient (Wildman–Crippen LogP) is 3.86. The van der Waals surface area contributed by atoms with Gasteiger partial charge in [0.2, 0.25) is 0 Å². The minimum Gasteiger partial charge on any atom is -0.493 e. The molecular weight excluding hydrogens is 512 g/mol. The van der Waals surface area contributed by atoms with Crippen molar-refractivity contribution in [3.63, 3.8) is 0 Å². The van der Waals surface area contributed by atoms with Gasteiger partial charge in [-0.25, -0.2) is 9.79 Å². The van der Waals surface area contributed by atoms with Gasteiger partial charge in [-0.15, -0.1) is 6.42 Å². The molecule has 0 radical (unpaired) electrons. The van der Waals surface area contributed by atoms with Crippen molar-refractivity contribution in [1.82, 2.24) is 4.57 Å². The number of methoxy groups -OCH3 is 1. The average Bonchev–Trinajstić information content (AvgIpc) is 3.16. The maximum Gasteiger partial charge on any atom is 0.338 e. The Bertz CT molecular complexity index is 1610. The molecule has 1 aliphatic heterocycles. The number of carbonyl (C=O) groups is 1. The number of benzene rings is 2. The summed E-state index contributed by atoms with van der Waals surface area (Å²) >= 11 is 7.78. The van der Waals surface area contributed by atoms with E-state index in [1.807, 2.05) is 6.07 Å². The zero-order chi connectivity index (χ0) is 26.7. The van der Waals surface area contributed by atoms with Gasteiger partial charge in [-0.2, -0.15) is 0 Å². The van der Waals surface area contributed by atoms with Gasteiger partial charge in [0, 0.05) is 5.02 Å². The third kappa shape index (κ3) is 5.33. The van der Waals surface area contributed by atoms with Gasteiger partial charge in [0.05, 0.1) is 29.0 Å². The van der Waals surface area contributed by atoms with Crippen LogP contribution in [0.3, 0.4) is 0 Å². The fourth-order valence-corrected chi connectivity index (χ4v) is 5.30. The number of aromatic nitrogens is 1. The van der Waals surface area contributed by atoms with Crippen LogP contribution >= 0.6 is 22.9 Å². The van der Waals surface area contributed by atoms with Crippen LogP contribution in [-0.4, -0.2) is 30.4 Å². The maximum absolute atomic E-state index is 13.8. The first kappa shape index (κ1) is 26.3. The first-order valence-corrected chi connectivity index (χ1v) is 12.7. The zero-order valence-electron chi connectivity index (χ0n) is 20.8. The molecule has 1 aliphatic rings. The van der Waals surface area contributed by atoms with Crippen LogP contribution < -0.4 is 24.4 Å². The summed E-state index contributed by atoms with van der Waals surface area (Å²) in [6.07, 6.45) is 6.68. The third-order valence-corrected chi connectivity index (χ3v) is 6.91. The van der Waals surface area contributed by atoms with Gasteiger partial charge in [-0.3, -0.25) is 9.36 Å². The molecule has 1 aromatic heterocycles. The Balaban J connectivity index is 1.89. The number of terminal acetylenes is 1. The van der Waals surface area contributed by atoms with Crippen molar-refractivity contribution < 1.29 is 19.0 Å². The lowest BCUT2D eigenvalue weighted by molar-refractivity contribution is -0.143. The normalized spacial score (nSPS) is 15.2. The number of hydrogen-bond donors (Lipinski definition) is 0. The molecular formula is C28H25ClN2O5S. The molecule has 0 amide bonds. The van der Waals surface area contributed by atoms with E-state index < -0.39 is 12.0 Å². The summed E-state index contributed by atoms with van der Waals surface area (Å²) in [7, 11) is 1.53. The summed E-state index contributed by atoms with van der Waals surface area (Å²) in [5.41, 5.74) is 1.78. The maximum atomic E-state index is 13.8. The van der Waals surface area contributed by atoms with Crippen LogP contribution in [0.1, 0.15) is 37.9 Å². The van der Waals surface area contributed by atoms with Crippen molar-refractivity contribution in [2.45, 2.75) is 32.9 Å². The quantitative estimate of drug-likeness (QED) is 0.338. The Kier molecular flexibility index (Phi) is 7.86. The summed E-state index contributed by atoms with van der Waals surface area (Å²) in [6, 6.07) is 11.6. The molecule has 2 heterocycles. The van der Waals surface area contributed by atoms with Gasteiger partial charge in [-0.1, -0.05) is 53.1 Å². The van der Waals surface area contributed by atoms with Crippen LogP contribution in [0.2, 0.25) is 5.02 Å². The molecule has 0 N–H and O–H groups in total. The summed E-state index contributed by atoms with van der Waals surface area (Å²) in [5.74, 6) is 2.87. The number of nitrogens with zero attached hydrogens (tertiary/aromatic N) is 2. The van der Waals surface area contributed by atoms with Gasteiger partial charge in [0.15, 0.2) is 16.3 Å². The minimum atomic E-state index is -0.785. The van der Waals surface area contributed by atoms with E-state index in [2.05, 4.69) is 10.9 Å². The molecule has 37 heavy (non-hydrogen) atoms. The zero-order valence-corrected chi connectivity index (χ0v) is 22.4. The lowest BCUT2D eigenvalue weighted by Crippen LogP contribution is -2.40. The highest BCUT2D eigenvalue weighted by molar-refractivity contribution is 7.07. The number of esters is 1. The van der Waals surface area contributed by atoms with Crippen molar-refractivity contribution in [2.24, 2.45) is 4.99 Å². The highest BCUT2D eigenvalue weighted by Gasteiger charge is 2.34. The van der Waals surface area contributed by atoms with E-state index in [4.69, 9.17) is 32.2 Å². The number of carbonyl (C=O) groups excluding carboxylic acids is 1. The van der Waals surface area contributed by atoms with E-state index in [9.17, 15) is 9.59 Å². The fraction of sp³-hybridized carbons (Fsp3) is 0.250. The molecule has 0 spiro atoms. The van der Waals surface area contributed by atoms with Gasteiger partial charge in [0.25, 0.3) is 5.56 Å². The molecule has 0 saturated heterocycles. The van der Waals surface area contributed by atoms with E-state index in [-0.39, 0.29) is 23.8 Å². The number of rotatable bonds is 7. The van der Waals surface area contributed by atoms with Crippen molar-refractivity contribution in [2.75, 3.05) is 13.7 Å². The van der Waals surface area contributed by atoms with Crippen molar-refractivity contribution in [3.05, 3.63) is 89.6 Å². The minimum absolute atomic E-state index is 0.108. The number of allylic oxidation sites excluding steroid dienone is 1. The summed E-state index contributed by atoms with van der Waals surface area (Å²) in [4.78, 5) is 32.0. The van der Waals surface area contributed by atoms with Crippen molar-refractivity contribution in [3.8, 4) is 23.8 Å². The highest BCUT2D eigenvalue weighted by Crippen LogP contribution is 2.34. The molecule has 4 rings (SSSR count). The molecule has 0 fully saturated rings. The van der Waals surface area contributed by atoms with Crippen LogP contribution in [0.15, 0.2) is 63.5 Å². The van der Waals surface area contributed by atoms with Crippen LogP contribution in [0.5, 0.6) is 11.5 Å². The van der Waals surface area contributed by atoms with Crippen molar-refractivity contribution in [1.29, 1.82) is 0 Å². The molecule has 9 heteroatoms. The van der Waals surface area contributed by atoms with Gasteiger partial charge in [-0.05, 0) is 56.2 Å². The summed E-state index contributed by atoms with van der Waals surface area (Å²) in [5, 5.41) is 0.430. The standard InChI is InChI=1S/C28H25ClN2O5S/c1-6-13-35-21-12-11-18(14-22(21)34-5)15-23-26(32)31-25(19-9-7-8-10-20(19)29)24(27(33)36-16(2)3)17(4)30-28(31)37-23/h1,7-12,14-16,25H,13H2,2-5H3. The molecule has 0 bridgehead atoms. The first-order chi connectivity index (χ1) is 17.7. The topological polar surface area (TPSA) is 79.1 Å². The molecule has 1 atom stereocenters. The lowest BCUT2D eigenvalue weighted by Gasteiger charge is -2.26. The molecule has 0 aliphatic carbocycles. The van der Waals surface area contributed by atoms with Crippen LogP contribution in [0.25, 0.3) is 6.08 Å². The van der Waals surface area contributed by atoms with E-state index in [0.717, 1.165) is 5.56 Å². The smallest absolute Gasteiger partial charge is 0.338 e. The Labute approximate surface area is 223 Å². The van der Waals surface area contributed by atoms with E-state index in [1.54, 1.807) is 63.2 Å². The monoisotopic (exact) mass is 536 g/mol. The number of fused-ring (bicyclic) bond motifs is 1. The third-order valence-electron chi connectivity index (χ3n) is 5.58.